The molecule has 0 aliphatic carbocycles. The number of amides is 1. The maximum Gasteiger partial charge on any atom is 0.471 e. The molecule has 3 atom stereocenters. The Morgan fingerprint density at radius 3 is 2.42 bits per heavy atom. The van der Waals surface area contributed by atoms with E-state index >= 15 is 0 Å². The maximum absolute atomic E-state index is 13.1. The van der Waals surface area contributed by atoms with Crippen molar-refractivity contribution in [3.63, 3.8) is 0 Å². The average molecular weight is 477 g/mol. The summed E-state index contributed by atoms with van der Waals surface area (Å²) >= 11 is 0. The number of alkyl halides is 3. The maximum atomic E-state index is 13.1. The van der Waals surface area contributed by atoms with Crippen molar-refractivity contribution in [2.45, 2.75) is 31.5 Å². The van der Waals surface area contributed by atoms with Crippen LogP contribution in [-0.4, -0.2) is 36.6 Å². The van der Waals surface area contributed by atoms with Crippen LogP contribution in [0.3, 0.4) is 0 Å². The van der Waals surface area contributed by atoms with Crippen LogP contribution in [0.2, 0.25) is 0 Å². The molecule has 7 heteroatoms. The Kier molecular flexibility index (Phi) is 8.03. The minimum absolute atomic E-state index is 0. The summed E-state index contributed by atoms with van der Waals surface area (Å²) in [5.41, 5.74) is 2.26. The van der Waals surface area contributed by atoms with Crippen LogP contribution in [0.15, 0.2) is 72.8 Å². The van der Waals surface area contributed by atoms with Gasteiger partial charge in [-0.3, -0.25) is 4.79 Å². The molecule has 3 aromatic carbocycles. The first kappa shape index (κ1) is 25.1. The Bertz CT molecular complexity index is 1070. The van der Waals surface area contributed by atoms with E-state index in [2.05, 4.69) is 36.5 Å². The minimum Gasteiger partial charge on any atom is -0.335 e. The summed E-state index contributed by atoms with van der Waals surface area (Å²) in [6.45, 7) is 2.80. The van der Waals surface area contributed by atoms with Gasteiger partial charge in [0, 0.05) is 25.7 Å². The Balaban J connectivity index is 0.00000306. The van der Waals surface area contributed by atoms with Crippen molar-refractivity contribution < 1.29 is 18.0 Å². The van der Waals surface area contributed by atoms with E-state index < -0.39 is 12.1 Å². The van der Waals surface area contributed by atoms with Crippen LogP contribution < -0.4 is 5.32 Å². The van der Waals surface area contributed by atoms with Gasteiger partial charge in [-0.25, -0.2) is 0 Å². The number of likely N-dealkylation sites (tertiary alicyclic amines) is 1. The van der Waals surface area contributed by atoms with Crippen LogP contribution in [-0.2, 0) is 4.79 Å². The second-order valence-corrected chi connectivity index (χ2v) is 8.51. The molecule has 1 amide bonds. The summed E-state index contributed by atoms with van der Waals surface area (Å²) < 4.78 is 39.2. The lowest BCUT2D eigenvalue weighted by molar-refractivity contribution is -0.187. The number of piperidine rings is 1. The van der Waals surface area contributed by atoms with Crippen molar-refractivity contribution in [2.24, 2.45) is 5.92 Å². The van der Waals surface area contributed by atoms with Gasteiger partial charge < -0.3 is 10.2 Å². The molecule has 1 N–H and O–H groups in total. The third-order valence-electron chi connectivity index (χ3n) is 6.47. The highest BCUT2D eigenvalue weighted by Gasteiger charge is 2.45. The van der Waals surface area contributed by atoms with E-state index in [-0.39, 0.29) is 43.4 Å². The van der Waals surface area contributed by atoms with E-state index in [1.807, 2.05) is 48.5 Å². The number of benzene rings is 3. The van der Waals surface area contributed by atoms with E-state index in [4.69, 9.17) is 0 Å². The molecule has 33 heavy (non-hydrogen) atoms. The van der Waals surface area contributed by atoms with Crippen LogP contribution >= 0.6 is 12.4 Å². The van der Waals surface area contributed by atoms with Crippen LogP contribution in [0.25, 0.3) is 10.8 Å². The zero-order valence-electron chi connectivity index (χ0n) is 18.4. The lowest BCUT2D eigenvalue weighted by Gasteiger charge is -2.39. The molecule has 0 saturated carbocycles. The van der Waals surface area contributed by atoms with E-state index in [0.717, 1.165) is 26.8 Å². The van der Waals surface area contributed by atoms with Gasteiger partial charge >= 0.3 is 12.1 Å². The number of nitrogens with one attached hydrogen (secondary N) is 1. The molecule has 2 unspecified atom stereocenters. The van der Waals surface area contributed by atoms with Gasteiger partial charge in [-0.05, 0) is 47.1 Å². The highest BCUT2D eigenvalue weighted by atomic mass is 35.5. The normalized spacial score (nSPS) is 19.7. The minimum atomic E-state index is -4.84. The average Bonchev–Trinajstić information content (AvgIpc) is 2.81. The SMILES string of the molecule is C[C@@H](NCC1CN(C(=O)C(F)(F)F)CCC1c1ccccc1)c1cccc2ccccc12.Cl. The zero-order chi connectivity index (χ0) is 22.7. The molecule has 3 nitrogen and oxygen atoms in total. The molecule has 176 valence electrons. The largest absolute Gasteiger partial charge is 0.471 e. The molecule has 1 saturated heterocycles. The third-order valence-corrected chi connectivity index (χ3v) is 6.47. The van der Waals surface area contributed by atoms with Gasteiger partial charge in [0.1, 0.15) is 0 Å². The number of nitrogens with zero attached hydrogens (tertiary/aromatic N) is 1. The Morgan fingerprint density at radius 2 is 1.70 bits per heavy atom. The molecular formula is C26H28ClF3N2O. The van der Waals surface area contributed by atoms with Crippen molar-refractivity contribution >= 4 is 29.1 Å². The van der Waals surface area contributed by atoms with Gasteiger partial charge in [-0.2, -0.15) is 13.2 Å². The van der Waals surface area contributed by atoms with Crippen molar-refractivity contribution in [2.75, 3.05) is 19.6 Å². The fourth-order valence-corrected chi connectivity index (χ4v) is 4.81. The standard InChI is InChI=1S/C26H27F3N2O.ClH/c1-18(22-13-7-11-20-10-5-6-12-24(20)22)30-16-21-17-31(25(32)26(27,28)29)15-14-23(21)19-8-3-2-4-9-19;/h2-13,18,21,23,30H,14-17H2,1H3;1H/t18-,21?,23?;/m1./s1. The first-order valence-corrected chi connectivity index (χ1v) is 11.0. The summed E-state index contributed by atoms with van der Waals surface area (Å²) in [7, 11) is 0. The van der Waals surface area contributed by atoms with Gasteiger partial charge in [0.2, 0.25) is 0 Å². The highest BCUT2D eigenvalue weighted by Crippen LogP contribution is 2.35. The second kappa shape index (κ2) is 10.6. The number of halogens is 4. The second-order valence-electron chi connectivity index (χ2n) is 8.51. The lowest BCUT2D eigenvalue weighted by atomic mass is 9.80. The van der Waals surface area contributed by atoms with E-state index in [1.54, 1.807) is 0 Å². The lowest BCUT2D eigenvalue weighted by Crippen LogP contribution is -2.50. The first-order valence-electron chi connectivity index (χ1n) is 11.0. The fraction of sp³-hybridized carbons (Fsp3) is 0.346. The van der Waals surface area contributed by atoms with Gasteiger partial charge in [-0.15, -0.1) is 12.4 Å². The predicted molar refractivity (Wildman–Crippen MR) is 128 cm³/mol. The predicted octanol–water partition coefficient (Wildman–Crippen LogP) is 6.11. The van der Waals surface area contributed by atoms with Crippen LogP contribution in [0.1, 0.15) is 36.4 Å². The molecule has 1 fully saturated rings. The molecule has 0 aromatic heterocycles. The molecule has 1 aliphatic heterocycles. The highest BCUT2D eigenvalue weighted by molar-refractivity contribution is 5.86. The number of hydrogen-bond acceptors (Lipinski definition) is 2. The third kappa shape index (κ3) is 5.68. The molecule has 0 spiro atoms. The molecule has 4 rings (SSSR count). The molecule has 1 aliphatic rings. The van der Waals surface area contributed by atoms with Crippen molar-refractivity contribution in [3.8, 4) is 0 Å². The number of hydrogen-bond donors (Lipinski definition) is 1. The zero-order valence-corrected chi connectivity index (χ0v) is 19.2. The van der Waals surface area contributed by atoms with Gasteiger partial charge in [-0.1, -0.05) is 72.8 Å². The molecular weight excluding hydrogens is 449 g/mol. The van der Waals surface area contributed by atoms with E-state index in [9.17, 15) is 18.0 Å². The molecule has 1 heterocycles. The van der Waals surface area contributed by atoms with Crippen LogP contribution in [0, 0.1) is 5.92 Å². The Morgan fingerprint density at radius 1 is 1.03 bits per heavy atom. The monoisotopic (exact) mass is 476 g/mol. The molecule has 3 aromatic rings. The Labute approximate surface area is 198 Å². The van der Waals surface area contributed by atoms with Crippen molar-refractivity contribution in [1.82, 2.24) is 10.2 Å². The van der Waals surface area contributed by atoms with Crippen LogP contribution in [0.4, 0.5) is 13.2 Å². The summed E-state index contributed by atoms with van der Waals surface area (Å²) in [6.07, 6.45) is -4.32. The number of rotatable bonds is 5. The summed E-state index contributed by atoms with van der Waals surface area (Å²) in [6, 6.07) is 24.2. The van der Waals surface area contributed by atoms with E-state index in [1.165, 1.54) is 0 Å². The summed E-state index contributed by atoms with van der Waals surface area (Å²) in [4.78, 5) is 12.9. The van der Waals surface area contributed by atoms with Crippen molar-refractivity contribution in [3.05, 3.63) is 83.9 Å². The Hall–Kier alpha value is -2.57. The first-order chi connectivity index (χ1) is 15.3. The fourth-order valence-electron chi connectivity index (χ4n) is 4.81. The quantitative estimate of drug-likeness (QED) is 0.482. The van der Waals surface area contributed by atoms with Gasteiger partial charge in [0.15, 0.2) is 0 Å². The number of fused-ring (bicyclic) bond motifs is 1. The van der Waals surface area contributed by atoms with Crippen molar-refractivity contribution in [1.29, 1.82) is 0 Å². The smallest absolute Gasteiger partial charge is 0.335 e. The summed E-state index contributed by atoms with van der Waals surface area (Å²) in [5.74, 6) is -1.76. The molecule has 0 radical (unpaired) electrons. The van der Waals surface area contributed by atoms with E-state index in [0.29, 0.717) is 13.0 Å². The molecule has 0 bridgehead atoms. The topological polar surface area (TPSA) is 32.3 Å². The number of carbonyl (C=O) groups is 1. The van der Waals surface area contributed by atoms with Gasteiger partial charge in [0.05, 0.1) is 0 Å². The van der Waals surface area contributed by atoms with Gasteiger partial charge in [0.25, 0.3) is 0 Å². The summed E-state index contributed by atoms with van der Waals surface area (Å²) in [5, 5.41) is 5.85. The number of carbonyl (C=O) groups excluding carboxylic acids is 1. The van der Waals surface area contributed by atoms with Crippen LogP contribution in [0.5, 0.6) is 0 Å².